The molecule has 0 radical (unpaired) electrons. The molecule has 6 heteroatoms. The van der Waals surface area contributed by atoms with E-state index < -0.39 is 5.97 Å². The number of amides is 1. The Bertz CT molecular complexity index is 1120. The quantitative estimate of drug-likeness (QED) is 0.536. The highest BCUT2D eigenvalue weighted by Gasteiger charge is 2.20. The third-order valence-electron chi connectivity index (χ3n) is 5.03. The fraction of sp³-hybridized carbons (Fsp3) is 0.154. The zero-order valence-corrected chi connectivity index (χ0v) is 17.7. The monoisotopic (exact) mass is 429 g/mol. The molecule has 1 amide bonds. The van der Waals surface area contributed by atoms with Crippen molar-refractivity contribution in [2.24, 2.45) is 0 Å². The maximum Gasteiger partial charge on any atom is 0.337 e. The Labute approximate surface area is 186 Å². The molecular formula is C26H23NO5. The first-order chi connectivity index (χ1) is 15.7. The normalized spacial score (nSPS) is 12.4. The molecule has 3 aromatic rings. The molecule has 162 valence electrons. The van der Waals surface area contributed by atoms with Gasteiger partial charge in [0.2, 0.25) is 0 Å². The van der Waals surface area contributed by atoms with Crippen molar-refractivity contribution in [1.29, 1.82) is 0 Å². The zero-order chi connectivity index (χ0) is 22.3. The molecule has 4 rings (SSSR count). The Morgan fingerprint density at radius 3 is 2.31 bits per heavy atom. The summed E-state index contributed by atoms with van der Waals surface area (Å²) in [6.45, 7) is 1.32. The van der Waals surface area contributed by atoms with Crippen LogP contribution in [0.3, 0.4) is 0 Å². The van der Waals surface area contributed by atoms with Gasteiger partial charge in [0.05, 0.1) is 12.7 Å². The number of carbonyl (C=O) groups is 2. The molecule has 1 heterocycles. The Balaban J connectivity index is 1.62. The molecule has 0 saturated carbocycles. The van der Waals surface area contributed by atoms with E-state index >= 15 is 0 Å². The van der Waals surface area contributed by atoms with Gasteiger partial charge in [-0.3, -0.25) is 4.79 Å². The highest BCUT2D eigenvalue weighted by molar-refractivity contribution is 6.07. The largest absolute Gasteiger partial charge is 0.486 e. The molecule has 1 aliphatic rings. The first-order valence-corrected chi connectivity index (χ1v) is 10.3. The van der Waals surface area contributed by atoms with Crippen LogP contribution in [0.25, 0.3) is 6.08 Å². The van der Waals surface area contributed by atoms with Crippen LogP contribution in [0.5, 0.6) is 11.5 Å². The van der Waals surface area contributed by atoms with Gasteiger partial charge in [0.1, 0.15) is 13.2 Å². The third-order valence-corrected chi connectivity index (χ3v) is 5.03. The van der Waals surface area contributed by atoms with Crippen molar-refractivity contribution in [3.05, 3.63) is 95.6 Å². The molecule has 0 atom stereocenters. The maximum absolute atomic E-state index is 13.4. The lowest BCUT2D eigenvalue weighted by molar-refractivity contribution is 0.0600. The molecule has 0 unspecified atom stereocenters. The average molecular weight is 429 g/mol. The zero-order valence-electron chi connectivity index (χ0n) is 17.7. The van der Waals surface area contributed by atoms with Crippen LogP contribution in [-0.2, 0) is 4.74 Å². The molecule has 32 heavy (non-hydrogen) atoms. The fourth-order valence-electron chi connectivity index (χ4n) is 3.39. The summed E-state index contributed by atoms with van der Waals surface area (Å²) in [6.07, 6.45) is 3.91. The third kappa shape index (κ3) is 4.81. The molecule has 3 aromatic carbocycles. The molecular weight excluding hydrogens is 406 g/mol. The van der Waals surface area contributed by atoms with Crippen molar-refractivity contribution >= 4 is 23.6 Å². The number of methoxy groups -OCH3 is 1. The van der Waals surface area contributed by atoms with Gasteiger partial charge in [-0.25, -0.2) is 4.79 Å². The summed E-state index contributed by atoms with van der Waals surface area (Å²) in [7, 11) is 1.32. The van der Waals surface area contributed by atoms with Crippen molar-refractivity contribution in [1.82, 2.24) is 0 Å². The van der Waals surface area contributed by atoms with Crippen molar-refractivity contribution in [3.63, 3.8) is 0 Å². The number of hydrogen-bond donors (Lipinski definition) is 0. The number of nitrogens with zero attached hydrogens (tertiary/aromatic N) is 1. The number of carbonyl (C=O) groups excluding carboxylic acids is 2. The van der Waals surface area contributed by atoms with Crippen LogP contribution in [0.4, 0.5) is 5.69 Å². The Morgan fingerprint density at radius 2 is 1.59 bits per heavy atom. The topological polar surface area (TPSA) is 65.1 Å². The van der Waals surface area contributed by atoms with E-state index in [1.807, 2.05) is 60.7 Å². The fourth-order valence-corrected chi connectivity index (χ4v) is 3.39. The van der Waals surface area contributed by atoms with Gasteiger partial charge < -0.3 is 19.1 Å². The summed E-state index contributed by atoms with van der Waals surface area (Å²) in [6, 6.07) is 21.8. The van der Waals surface area contributed by atoms with Gasteiger partial charge in [0.15, 0.2) is 11.5 Å². The van der Waals surface area contributed by atoms with Gasteiger partial charge in [-0.1, -0.05) is 42.5 Å². The number of esters is 1. The minimum atomic E-state index is -0.446. The second-order valence-electron chi connectivity index (χ2n) is 7.13. The van der Waals surface area contributed by atoms with E-state index in [4.69, 9.17) is 14.2 Å². The van der Waals surface area contributed by atoms with Crippen molar-refractivity contribution < 1.29 is 23.8 Å². The Hall–Kier alpha value is -4.06. The molecule has 0 bridgehead atoms. The Kier molecular flexibility index (Phi) is 6.51. The van der Waals surface area contributed by atoms with Crippen LogP contribution >= 0.6 is 0 Å². The van der Waals surface area contributed by atoms with Gasteiger partial charge >= 0.3 is 5.97 Å². The number of fused-ring (bicyclic) bond motifs is 1. The smallest absolute Gasteiger partial charge is 0.337 e. The molecule has 0 fully saturated rings. The van der Waals surface area contributed by atoms with E-state index in [9.17, 15) is 9.59 Å². The van der Waals surface area contributed by atoms with Crippen LogP contribution < -0.4 is 14.4 Å². The lowest BCUT2D eigenvalue weighted by Gasteiger charge is -2.24. The predicted octanol–water partition coefficient (Wildman–Crippen LogP) is 4.60. The summed E-state index contributed by atoms with van der Waals surface area (Å²) >= 11 is 0. The number of ether oxygens (including phenoxy) is 3. The van der Waals surface area contributed by atoms with E-state index in [0.717, 1.165) is 5.56 Å². The van der Waals surface area contributed by atoms with E-state index in [1.165, 1.54) is 7.11 Å². The van der Waals surface area contributed by atoms with Crippen molar-refractivity contribution in [2.75, 3.05) is 31.8 Å². The Morgan fingerprint density at radius 1 is 0.906 bits per heavy atom. The molecule has 0 N–H and O–H groups in total. The summed E-state index contributed by atoms with van der Waals surface area (Å²) in [5, 5.41) is 0. The second kappa shape index (κ2) is 9.83. The van der Waals surface area contributed by atoms with Gasteiger partial charge in [-0.15, -0.1) is 0 Å². The van der Waals surface area contributed by atoms with Crippen molar-refractivity contribution in [3.8, 4) is 11.5 Å². The molecule has 0 aliphatic carbocycles. The highest BCUT2D eigenvalue weighted by Crippen LogP contribution is 2.34. The van der Waals surface area contributed by atoms with Gasteiger partial charge in [-0.05, 0) is 42.0 Å². The van der Waals surface area contributed by atoms with Gasteiger partial charge in [-0.2, -0.15) is 0 Å². The van der Waals surface area contributed by atoms with E-state index in [1.54, 1.807) is 29.2 Å². The molecule has 1 aliphatic heterocycles. The number of benzene rings is 3. The van der Waals surface area contributed by atoms with Crippen LogP contribution in [-0.4, -0.2) is 38.7 Å². The van der Waals surface area contributed by atoms with Crippen LogP contribution in [0.1, 0.15) is 26.3 Å². The van der Waals surface area contributed by atoms with Crippen LogP contribution in [0.2, 0.25) is 0 Å². The SMILES string of the molecule is COC(=O)c1ccc(C(=O)N(C/C=C\c2ccccc2)c2ccc3c(c2)OCCO3)cc1. The lowest BCUT2D eigenvalue weighted by atomic mass is 10.1. The lowest BCUT2D eigenvalue weighted by Crippen LogP contribution is -2.31. The summed E-state index contributed by atoms with van der Waals surface area (Å²) in [4.78, 5) is 26.8. The first-order valence-electron chi connectivity index (χ1n) is 10.3. The van der Waals surface area contributed by atoms with Gasteiger partial charge in [0, 0.05) is 23.9 Å². The van der Waals surface area contributed by atoms with Crippen molar-refractivity contribution in [2.45, 2.75) is 0 Å². The predicted molar refractivity (Wildman–Crippen MR) is 122 cm³/mol. The number of anilines is 1. The number of rotatable bonds is 6. The van der Waals surface area contributed by atoms with E-state index in [2.05, 4.69) is 0 Å². The van der Waals surface area contributed by atoms with E-state index in [-0.39, 0.29) is 5.91 Å². The molecule has 6 nitrogen and oxygen atoms in total. The minimum Gasteiger partial charge on any atom is -0.486 e. The highest BCUT2D eigenvalue weighted by atomic mass is 16.6. The minimum absolute atomic E-state index is 0.198. The molecule has 0 aromatic heterocycles. The number of hydrogen-bond acceptors (Lipinski definition) is 5. The molecule has 0 saturated heterocycles. The van der Waals surface area contributed by atoms with Gasteiger partial charge in [0.25, 0.3) is 5.91 Å². The summed E-state index contributed by atoms with van der Waals surface area (Å²) < 4.78 is 16.0. The summed E-state index contributed by atoms with van der Waals surface area (Å²) in [5.41, 5.74) is 2.58. The van der Waals surface area contributed by atoms with Crippen LogP contribution in [0.15, 0.2) is 78.9 Å². The first kappa shape index (κ1) is 21.2. The average Bonchev–Trinajstić information content (AvgIpc) is 2.86. The second-order valence-corrected chi connectivity index (χ2v) is 7.13. The van der Waals surface area contributed by atoms with E-state index in [0.29, 0.717) is 48.1 Å². The standard InChI is InChI=1S/C26H23NO5/c1-30-26(29)21-11-9-20(10-12-21)25(28)27(15-5-8-19-6-3-2-4-7-19)22-13-14-23-24(18-22)32-17-16-31-23/h2-14,18H,15-17H2,1H3/b8-5-. The maximum atomic E-state index is 13.4. The van der Waals surface area contributed by atoms with Crippen LogP contribution in [0, 0.1) is 0 Å². The summed E-state index contributed by atoms with van der Waals surface area (Å²) in [5.74, 6) is 0.628. The molecule has 0 spiro atoms.